The summed E-state index contributed by atoms with van der Waals surface area (Å²) in [5.74, 6) is -0.299. The third-order valence-electron chi connectivity index (χ3n) is 4.53. The molecule has 2 aromatic carbocycles. The molecule has 1 N–H and O–H groups in total. The van der Waals surface area contributed by atoms with Crippen LogP contribution in [0.3, 0.4) is 0 Å². The van der Waals surface area contributed by atoms with Gasteiger partial charge in [0, 0.05) is 42.4 Å². The minimum Gasteiger partial charge on any atom is -0.322 e. The maximum Gasteiger partial charge on any atom is 0.255 e. The van der Waals surface area contributed by atoms with Crippen LogP contribution in [0, 0.1) is 13.8 Å². The topological polar surface area (TPSA) is 71.4 Å². The fourth-order valence-corrected chi connectivity index (χ4v) is 3.93. The molecule has 3 aromatic rings. The molecule has 0 saturated carbocycles. The van der Waals surface area contributed by atoms with Gasteiger partial charge in [-0.1, -0.05) is 6.07 Å². The average molecular weight is 398 g/mol. The number of sulfonamides is 1. The molecule has 0 fully saturated rings. The summed E-state index contributed by atoms with van der Waals surface area (Å²) < 4.78 is 27.8. The third-order valence-corrected chi connectivity index (χ3v) is 6.34. The fourth-order valence-electron chi connectivity index (χ4n) is 2.99. The molecule has 146 valence electrons. The first-order valence-electron chi connectivity index (χ1n) is 8.79. The highest BCUT2D eigenvalue weighted by Crippen LogP contribution is 2.20. The number of hydrogen-bond donors (Lipinski definition) is 1. The second kappa shape index (κ2) is 7.61. The molecule has 0 atom stereocenters. The molecule has 1 heterocycles. The van der Waals surface area contributed by atoms with Crippen LogP contribution in [-0.4, -0.2) is 37.3 Å². The van der Waals surface area contributed by atoms with E-state index < -0.39 is 10.0 Å². The van der Waals surface area contributed by atoms with Gasteiger partial charge in [-0.3, -0.25) is 4.79 Å². The minimum atomic E-state index is -3.56. The van der Waals surface area contributed by atoms with E-state index in [2.05, 4.69) is 9.88 Å². The summed E-state index contributed by atoms with van der Waals surface area (Å²) in [5.41, 5.74) is 4.14. The molecule has 6 nitrogen and oxygen atoms in total. The number of rotatable bonds is 5. The Balaban J connectivity index is 1.81. The molecule has 0 radical (unpaired) electrons. The molecule has 0 aliphatic rings. The van der Waals surface area contributed by atoms with Crippen LogP contribution in [0.5, 0.6) is 0 Å². The zero-order valence-electron chi connectivity index (χ0n) is 16.3. The van der Waals surface area contributed by atoms with Gasteiger partial charge in [0.05, 0.1) is 4.90 Å². The SMILES string of the molecule is Cc1ccc(C)n1-c1ccc(C(=O)Nc2cccc(S(=O)(=O)N(C)C)c2)cc1. The van der Waals surface area contributed by atoms with Crippen molar-refractivity contribution in [2.75, 3.05) is 19.4 Å². The Labute approximate surface area is 165 Å². The van der Waals surface area contributed by atoms with Crippen molar-refractivity contribution >= 4 is 21.6 Å². The Bertz CT molecular complexity index is 1090. The molecule has 0 saturated heterocycles. The summed E-state index contributed by atoms with van der Waals surface area (Å²) in [4.78, 5) is 12.7. The number of carbonyl (C=O) groups is 1. The van der Waals surface area contributed by atoms with Gasteiger partial charge < -0.3 is 9.88 Å². The van der Waals surface area contributed by atoms with E-state index >= 15 is 0 Å². The Morgan fingerprint density at radius 1 is 0.929 bits per heavy atom. The molecule has 1 amide bonds. The largest absolute Gasteiger partial charge is 0.322 e. The van der Waals surface area contributed by atoms with Gasteiger partial charge in [-0.2, -0.15) is 0 Å². The summed E-state index contributed by atoms with van der Waals surface area (Å²) in [7, 11) is -0.622. The van der Waals surface area contributed by atoms with E-state index in [1.165, 1.54) is 26.2 Å². The molecule has 7 heteroatoms. The van der Waals surface area contributed by atoms with Gasteiger partial charge in [0.1, 0.15) is 0 Å². The Morgan fingerprint density at radius 2 is 1.54 bits per heavy atom. The Hall–Kier alpha value is -2.90. The number of aryl methyl sites for hydroxylation is 2. The highest BCUT2D eigenvalue weighted by Gasteiger charge is 2.18. The number of nitrogens with one attached hydrogen (secondary N) is 1. The lowest BCUT2D eigenvalue weighted by atomic mass is 10.2. The van der Waals surface area contributed by atoms with Gasteiger partial charge in [0.15, 0.2) is 0 Å². The first kappa shape index (κ1) is 19.9. The van der Waals surface area contributed by atoms with E-state index in [1.807, 2.05) is 38.1 Å². The number of anilines is 1. The van der Waals surface area contributed by atoms with Crippen molar-refractivity contribution in [1.29, 1.82) is 0 Å². The summed E-state index contributed by atoms with van der Waals surface area (Å²) in [6, 6.07) is 17.6. The lowest BCUT2D eigenvalue weighted by Gasteiger charge is -2.13. The van der Waals surface area contributed by atoms with Crippen LogP contribution in [0.1, 0.15) is 21.7 Å². The lowest BCUT2D eigenvalue weighted by molar-refractivity contribution is 0.102. The molecule has 0 unspecified atom stereocenters. The van der Waals surface area contributed by atoms with Crippen LogP contribution >= 0.6 is 0 Å². The molecule has 0 spiro atoms. The summed E-state index contributed by atoms with van der Waals surface area (Å²) in [6.07, 6.45) is 0. The molecular weight excluding hydrogens is 374 g/mol. The van der Waals surface area contributed by atoms with E-state index in [4.69, 9.17) is 0 Å². The van der Waals surface area contributed by atoms with Crippen molar-refractivity contribution in [3.05, 3.63) is 77.6 Å². The van der Waals surface area contributed by atoms with Crippen LogP contribution < -0.4 is 5.32 Å². The second-order valence-electron chi connectivity index (χ2n) is 6.77. The van der Waals surface area contributed by atoms with Crippen molar-refractivity contribution < 1.29 is 13.2 Å². The van der Waals surface area contributed by atoms with E-state index in [-0.39, 0.29) is 10.8 Å². The predicted molar refractivity (Wildman–Crippen MR) is 111 cm³/mol. The van der Waals surface area contributed by atoms with Crippen LogP contribution in [0.15, 0.2) is 65.6 Å². The van der Waals surface area contributed by atoms with E-state index in [9.17, 15) is 13.2 Å². The normalized spacial score (nSPS) is 11.6. The van der Waals surface area contributed by atoms with Crippen molar-refractivity contribution in [2.45, 2.75) is 18.7 Å². The number of amides is 1. The average Bonchev–Trinajstić information content (AvgIpc) is 3.00. The fraction of sp³-hybridized carbons (Fsp3) is 0.190. The van der Waals surface area contributed by atoms with Crippen LogP contribution in [0.25, 0.3) is 5.69 Å². The number of benzene rings is 2. The smallest absolute Gasteiger partial charge is 0.255 e. The molecule has 0 aliphatic heterocycles. The summed E-state index contributed by atoms with van der Waals surface area (Å²) in [6.45, 7) is 4.06. The highest BCUT2D eigenvalue weighted by molar-refractivity contribution is 7.89. The minimum absolute atomic E-state index is 0.129. The lowest BCUT2D eigenvalue weighted by Crippen LogP contribution is -2.22. The predicted octanol–water partition coefficient (Wildman–Crippen LogP) is 3.60. The van der Waals surface area contributed by atoms with Crippen LogP contribution in [0.4, 0.5) is 5.69 Å². The molecule has 0 aliphatic carbocycles. The van der Waals surface area contributed by atoms with Crippen molar-refractivity contribution in [3.63, 3.8) is 0 Å². The van der Waals surface area contributed by atoms with Gasteiger partial charge in [0.25, 0.3) is 5.91 Å². The molecular formula is C21H23N3O3S. The Morgan fingerprint density at radius 3 is 2.11 bits per heavy atom. The maximum absolute atomic E-state index is 12.6. The van der Waals surface area contributed by atoms with Gasteiger partial charge in [-0.15, -0.1) is 0 Å². The van der Waals surface area contributed by atoms with Gasteiger partial charge in [0.2, 0.25) is 10.0 Å². The number of nitrogens with zero attached hydrogens (tertiary/aromatic N) is 2. The number of carbonyl (C=O) groups excluding carboxylic acids is 1. The van der Waals surface area contributed by atoms with E-state index in [0.29, 0.717) is 11.3 Å². The number of hydrogen-bond acceptors (Lipinski definition) is 3. The van der Waals surface area contributed by atoms with Crippen molar-refractivity contribution in [1.82, 2.24) is 8.87 Å². The van der Waals surface area contributed by atoms with E-state index in [1.54, 1.807) is 24.3 Å². The van der Waals surface area contributed by atoms with Gasteiger partial charge in [-0.25, -0.2) is 12.7 Å². The van der Waals surface area contributed by atoms with Crippen molar-refractivity contribution in [2.24, 2.45) is 0 Å². The Kier molecular flexibility index (Phi) is 5.40. The second-order valence-corrected chi connectivity index (χ2v) is 8.92. The summed E-state index contributed by atoms with van der Waals surface area (Å²) >= 11 is 0. The van der Waals surface area contributed by atoms with E-state index in [0.717, 1.165) is 21.4 Å². The molecule has 3 rings (SSSR count). The monoisotopic (exact) mass is 397 g/mol. The third kappa shape index (κ3) is 3.85. The summed E-state index contributed by atoms with van der Waals surface area (Å²) in [5, 5.41) is 2.76. The molecule has 0 bridgehead atoms. The van der Waals surface area contributed by atoms with Crippen LogP contribution in [-0.2, 0) is 10.0 Å². The van der Waals surface area contributed by atoms with Gasteiger partial charge >= 0.3 is 0 Å². The standard InChI is InChI=1S/C21H23N3O3S/c1-15-8-9-16(2)24(15)19-12-10-17(11-13-19)21(25)22-18-6-5-7-20(14-18)28(26,27)23(3)4/h5-14H,1-4H3,(H,22,25). The highest BCUT2D eigenvalue weighted by atomic mass is 32.2. The zero-order chi connectivity index (χ0) is 20.5. The zero-order valence-corrected chi connectivity index (χ0v) is 17.1. The molecule has 1 aromatic heterocycles. The quantitative estimate of drug-likeness (QED) is 0.715. The first-order valence-corrected chi connectivity index (χ1v) is 10.2. The molecule has 28 heavy (non-hydrogen) atoms. The first-order chi connectivity index (χ1) is 13.2. The van der Waals surface area contributed by atoms with Crippen LogP contribution in [0.2, 0.25) is 0 Å². The maximum atomic E-state index is 12.6. The number of aromatic nitrogens is 1. The van der Waals surface area contributed by atoms with Gasteiger partial charge in [-0.05, 0) is 68.4 Å². The van der Waals surface area contributed by atoms with Crippen molar-refractivity contribution in [3.8, 4) is 5.69 Å².